The second-order valence-electron chi connectivity index (χ2n) is 29.6. The number of imidazole rings is 1. The summed E-state index contributed by atoms with van der Waals surface area (Å²) >= 11 is 1.46. The van der Waals surface area contributed by atoms with Gasteiger partial charge in [-0.05, 0) is 133 Å². The predicted molar refractivity (Wildman–Crippen MR) is 608 cm³/mol. The molecule has 11 aromatic heterocycles. The van der Waals surface area contributed by atoms with Crippen molar-refractivity contribution in [3.63, 3.8) is 0 Å². The van der Waals surface area contributed by atoms with Gasteiger partial charge < -0.3 is 9.51 Å². The van der Waals surface area contributed by atoms with Gasteiger partial charge in [0.1, 0.15) is 31.1 Å². The minimum atomic E-state index is 0.456. The van der Waals surface area contributed by atoms with Crippen LogP contribution in [0.3, 0.4) is 0 Å². The molecule has 0 amide bonds. The first kappa shape index (κ1) is 178. The number of H-pyrrole nitrogens is 3. The standard InChI is InChI=1S/C6H10N2.C6H6.2C5H9N3.C5H5N.3C4H4N2.9C4H10.C3H3N3.C3H4N2.C3H3NO.C3H3NS.12C2H6/c1-6(2)8-5-3-4-7-8;1-2-4-6-5-3-1;1-4(2)5-6-3-7-8-5;1-4(2)5-3-6-8-7-5;1-2-4-6-5-3-1;1-2-6-4-3-5-1;1-2-5-4-6-3-1;1-2-4-6-5-3-1;9*1-4(2)3;1-2-5-6-3-4-1;1-2-5-3-4-1;2*1-2-4-5-3-1;12*1-2/h3-6H,1-2H3;1-6H;2*3-4H,1-2H3,(H,6,7,8);1-5H;3*1-4H;9*4H,1-3H3;1-3H;1-3H,(H,4,5);2*1-3H;12*1-2H3. The Morgan fingerprint density at radius 1 is 0.289 bits per heavy atom. The molecule has 792 valence electrons. The Bertz CT molecular complexity index is 2440. The number of hydrogen-bond acceptors (Lipinski definition) is 20. The summed E-state index contributed by atoms with van der Waals surface area (Å²) in [5.74, 6) is 9.39. The Morgan fingerprint density at radius 3 is 0.741 bits per heavy atom. The lowest BCUT2D eigenvalue weighted by atomic mass is 10.2. The molecule has 0 aliphatic rings. The number of benzene rings is 1. The number of rotatable bonds is 3. The highest BCUT2D eigenvalue weighted by atomic mass is 32.1. The van der Waals surface area contributed by atoms with Crippen LogP contribution in [0.1, 0.15) is 424 Å². The number of nitrogens with zero attached hydrogens (tertiary/aromatic N) is 19. The molecule has 23 nitrogen and oxygen atoms in total. The van der Waals surface area contributed by atoms with Gasteiger partial charge in [0.2, 0.25) is 0 Å². The number of hydrogen-bond donors (Lipinski definition) is 3. The number of nitrogens with one attached hydrogen (secondary N) is 3. The van der Waals surface area contributed by atoms with Crippen LogP contribution in [0.4, 0.5) is 0 Å². The molecule has 0 saturated heterocycles. The van der Waals surface area contributed by atoms with Crippen molar-refractivity contribution in [1.82, 2.24) is 110 Å². The fourth-order valence-corrected chi connectivity index (χ4v) is 4.15. The van der Waals surface area contributed by atoms with Gasteiger partial charge in [0.15, 0.2) is 0 Å². The van der Waals surface area contributed by atoms with Crippen molar-refractivity contribution in [2.75, 3.05) is 0 Å². The zero-order valence-electron chi connectivity index (χ0n) is 98.8. The van der Waals surface area contributed by atoms with Crippen LogP contribution in [0.15, 0.2) is 250 Å². The molecule has 12 rings (SSSR count). The predicted octanol–water partition coefficient (Wildman–Crippen LogP) is 36.9. The number of aromatic amines is 3. The molecule has 0 atom stereocenters. The maximum absolute atomic E-state index is 4.33. The van der Waals surface area contributed by atoms with E-state index < -0.39 is 0 Å². The van der Waals surface area contributed by atoms with Crippen molar-refractivity contribution in [2.45, 2.75) is 413 Å². The van der Waals surface area contributed by atoms with E-state index in [1.54, 1.807) is 124 Å². The summed E-state index contributed by atoms with van der Waals surface area (Å²) in [5.41, 5.74) is 1.02. The lowest BCUT2D eigenvalue weighted by Gasteiger charge is -2.01. The van der Waals surface area contributed by atoms with E-state index in [0.717, 1.165) is 64.8 Å². The van der Waals surface area contributed by atoms with Gasteiger partial charge in [0.05, 0.1) is 30.6 Å². The van der Waals surface area contributed by atoms with Crippen molar-refractivity contribution < 1.29 is 4.52 Å². The third-order valence-corrected chi connectivity index (χ3v) is 7.76. The number of aromatic nitrogens is 22. The van der Waals surface area contributed by atoms with Crippen LogP contribution in [0.2, 0.25) is 0 Å². The first-order valence-corrected chi connectivity index (χ1v) is 51.2. The van der Waals surface area contributed by atoms with Crippen molar-refractivity contribution in [3.05, 3.63) is 257 Å². The SMILES string of the molecule is CC.CC.CC.CC.CC.CC.CC.CC.CC.CC.CC.CC.CC(C)C.CC(C)C.CC(C)C.CC(C)C.CC(C)C.CC(C)C.CC(C)C.CC(C)C.CC(C)C.CC(C)c1cn[nH]n1.CC(C)c1ncn[nH]1.CC(C)n1cccn1.c1c[nH]cn1.c1ccccc1.c1ccncc1.c1ccnnc1.c1cnccn1.c1cncnc1.c1cnncn1.c1cnoc1.c1cnsc1. The molecular formula is C111H226N22OS. The largest absolute Gasteiger partial charge is 0.365 e. The van der Waals surface area contributed by atoms with Gasteiger partial charge in [-0.2, -0.15) is 40.9 Å². The van der Waals surface area contributed by atoms with E-state index in [0.29, 0.717) is 17.9 Å². The minimum absolute atomic E-state index is 0.456. The Balaban J connectivity index is -0.0000000528. The summed E-state index contributed by atoms with van der Waals surface area (Å²) in [4.78, 5) is 32.6. The van der Waals surface area contributed by atoms with E-state index in [9.17, 15) is 0 Å². The molecule has 3 N–H and O–H groups in total. The fourth-order valence-electron chi connectivity index (χ4n) is 3.80. The Morgan fingerprint density at radius 2 is 0.630 bits per heavy atom. The molecule has 0 aliphatic heterocycles. The molecular weight excluding hydrogens is 1690 g/mol. The maximum atomic E-state index is 4.33. The molecule has 135 heavy (non-hydrogen) atoms. The second kappa shape index (κ2) is 195. The molecule has 0 fully saturated rings. The summed E-state index contributed by atoms with van der Waals surface area (Å²) in [6, 6.07) is 29.2. The van der Waals surface area contributed by atoms with E-state index in [1.807, 2.05) is 261 Å². The average Bonchev–Trinajstić information content (AvgIpc) is 1.84. The van der Waals surface area contributed by atoms with E-state index >= 15 is 0 Å². The van der Waals surface area contributed by atoms with Crippen LogP contribution >= 0.6 is 11.5 Å². The van der Waals surface area contributed by atoms with Crippen LogP contribution in [-0.4, -0.2) is 110 Å². The molecule has 12 aromatic rings. The Labute approximate surface area is 844 Å². The molecule has 0 unspecified atom stereocenters. The van der Waals surface area contributed by atoms with Gasteiger partial charge >= 0.3 is 0 Å². The third kappa shape index (κ3) is 337. The zero-order valence-corrected chi connectivity index (χ0v) is 99.7. The van der Waals surface area contributed by atoms with Gasteiger partial charge in [0, 0.05) is 116 Å². The quantitative estimate of drug-likeness (QED) is 0.148. The summed E-state index contributed by atoms with van der Waals surface area (Å²) < 4.78 is 10.0. The molecule has 0 aliphatic carbocycles. The molecule has 0 saturated carbocycles. The van der Waals surface area contributed by atoms with Crippen molar-refractivity contribution in [1.29, 1.82) is 0 Å². The van der Waals surface area contributed by atoms with Crippen LogP contribution in [0.25, 0.3) is 0 Å². The van der Waals surface area contributed by atoms with E-state index in [-0.39, 0.29) is 0 Å². The van der Waals surface area contributed by atoms with E-state index in [1.165, 1.54) is 43.0 Å². The highest BCUT2D eigenvalue weighted by molar-refractivity contribution is 7.03. The summed E-state index contributed by atoms with van der Waals surface area (Å²) in [5, 5.41) is 39.9. The minimum Gasteiger partial charge on any atom is -0.365 e. The van der Waals surface area contributed by atoms with Gasteiger partial charge in [-0.15, -0.1) is 5.10 Å². The van der Waals surface area contributed by atoms with Crippen LogP contribution in [0.5, 0.6) is 0 Å². The Kier molecular flexibility index (Phi) is 257. The maximum Gasteiger partial charge on any atom is 0.138 e. The fraction of sp³-hybridized carbons (Fsp3) is 0.622. The molecule has 0 radical (unpaired) electrons. The zero-order chi connectivity index (χ0) is 110. The van der Waals surface area contributed by atoms with Gasteiger partial charge in [-0.1, -0.05) is 428 Å². The second-order valence-corrected chi connectivity index (χ2v) is 30.3. The van der Waals surface area contributed by atoms with Crippen molar-refractivity contribution in [3.8, 4) is 0 Å². The highest BCUT2D eigenvalue weighted by Crippen LogP contribution is 2.07. The van der Waals surface area contributed by atoms with Gasteiger partial charge in [0.25, 0.3) is 0 Å². The summed E-state index contributed by atoms with van der Waals surface area (Å²) in [6.07, 6.45) is 39.7. The van der Waals surface area contributed by atoms with Gasteiger partial charge in [-0.25, -0.2) is 29.3 Å². The number of pyridine rings is 1. The van der Waals surface area contributed by atoms with Gasteiger partial charge in [-0.3, -0.25) is 24.7 Å². The lowest BCUT2D eigenvalue weighted by Crippen LogP contribution is -1.99. The van der Waals surface area contributed by atoms with Crippen molar-refractivity contribution >= 4 is 11.5 Å². The van der Waals surface area contributed by atoms with Crippen molar-refractivity contribution in [2.24, 2.45) is 53.3 Å². The van der Waals surface area contributed by atoms with E-state index in [4.69, 9.17) is 0 Å². The molecule has 1 aromatic carbocycles. The summed E-state index contributed by atoms with van der Waals surface area (Å²) in [7, 11) is 0. The molecule has 0 bridgehead atoms. The molecule has 11 heterocycles. The van der Waals surface area contributed by atoms with E-state index in [2.05, 4.69) is 338 Å². The monoisotopic (exact) mass is 1920 g/mol. The topological polar surface area (TPSA) is 297 Å². The first-order chi connectivity index (χ1) is 64.5. The molecule has 24 heteroatoms. The highest BCUT2D eigenvalue weighted by Gasteiger charge is 1.99. The van der Waals surface area contributed by atoms with Crippen LogP contribution in [0, 0.1) is 53.3 Å². The normalized spacial score (nSPS) is 7.80. The smallest absolute Gasteiger partial charge is 0.138 e. The average molecular weight is 1920 g/mol. The third-order valence-electron chi connectivity index (χ3n) is 7.24. The first-order valence-electron chi connectivity index (χ1n) is 50.3. The van der Waals surface area contributed by atoms with Crippen LogP contribution < -0.4 is 0 Å². The van der Waals surface area contributed by atoms with Crippen LogP contribution in [-0.2, 0) is 0 Å². The lowest BCUT2D eigenvalue weighted by molar-refractivity contribution is 0.420. The Hall–Kier alpha value is -9.84. The summed E-state index contributed by atoms with van der Waals surface area (Å²) in [6.45, 7) is 119. The molecule has 0 spiro atoms.